The van der Waals surface area contributed by atoms with Crippen LogP contribution in [0.4, 0.5) is 13.2 Å². The van der Waals surface area contributed by atoms with Crippen LogP contribution in [0.25, 0.3) is 5.57 Å². The molecule has 1 aromatic carbocycles. The van der Waals surface area contributed by atoms with E-state index in [1.54, 1.807) is 0 Å². The summed E-state index contributed by atoms with van der Waals surface area (Å²) in [5.41, 5.74) is 3.43. The van der Waals surface area contributed by atoms with Crippen molar-refractivity contribution in [2.45, 2.75) is 59.1 Å². The molecule has 150 valence electrons. The number of aryl methyl sites for hydroxylation is 3. The molecular weight excluding hydrogens is 381 g/mol. The summed E-state index contributed by atoms with van der Waals surface area (Å²) in [7, 11) is -4.89. The molecule has 0 bridgehead atoms. The fourth-order valence-corrected chi connectivity index (χ4v) is 4.31. The van der Waals surface area contributed by atoms with Gasteiger partial charge in [0.15, 0.2) is 11.5 Å². The van der Waals surface area contributed by atoms with E-state index < -0.39 is 22.0 Å². The molecule has 0 aromatic heterocycles. The Labute approximate surface area is 157 Å². The van der Waals surface area contributed by atoms with Crippen molar-refractivity contribution in [3.05, 3.63) is 40.1 Å². The Morgan fingerprint density at radius 2 is 1.63 bits per heavy atom. The lowest BCUT2D eigenvalue weighted by Gasteiger charge is -2.24. The van der Waals surface area contributed by atoms with Crippen LogP contribution < -0.4 is 0 Å². The molecule has 2 rings (SSSR count). The normalized spacial score (nSPS) is 16.0. The summed E-state index contributed by atoms with van der Waals surface area (Å²) >= 11 is 0. The van der Waals surface area contributed by atoms with Gasteiger partial charge in [0.05, 0.1) is 5.57 Å². The SMILES string of the molecule is CCc1cc(C)cc(CC)c1C1=C(OS(=O)(=O)CC(F)(F)F)CCCC1=O. The molecule has 0 saturated heterocycles. The number of ketones is 1. The highest BCUT2D eigenvalue weighted by molar-refractivity contribution is 7.86. The topological polar surface area (TPSA) is 60.4 Å². The minimum absolute atomic E-state index is 0.109. The van der Waals surface area contributed by atoms with Crippen molar-refractivity contribution < 1.29 is 30.6 Å². The maximum Gasteiger partial charge on any atom is 0.406 e. The molecule has 1 aliphatic rings. The van der Waals surface area contributed by atoms with Crippen LogP contribution in [0.3, 0.4) is 0 Å². The minimum atomic E-state index is -4.91. The van der Waals surface area contributed by atoms with Gasteiger partial charge in [-0.05, 0) is 42.9 Å². The first kappa shape index (κ1) is 21.5. The number of rotatable bonds is 6. The van der Waals surface area contributed by atoms with Crippen molar-refractivity contribution in [1.82, 2.24) is 0 Å². The van der Waals surface area contributed by atoms with Crippen LogP contribution in [-0.2, 0) is 31.9 Å². The molecule has 1 aromatic rings. The van der Waals surface area contributed by atoms with E-state index in [1.807, 2.05) is 32.9 Å². The Morgan fingerprint density at radius 3 is 2.11 bits per heavy atom. The van der Waals surface area contributed by atoms with Crippen LogP contribution in [0.2, 0.25) is 0 Å². The number of Topliss-reactive ketones (excluding diaryl/α,β-unsaturated/α-hetero) is 1. The fraction of sp³-hybridized carbons (Fsp3) is 0.526. The summed E-state index contributed by atoms with van der Waals surface area (Å²) in [6.45, 7) is 5.74. The van der Waals surface area contributed by atoms with E-state index in [2.05, 4.69) is 0 Å². The molecule has 0 fully saturated rings. The molecule has 0 heterocycles. The zero-order valence-electron chi connectivity index (χ0n) is 15.6. The van der Waals surface area contributed by atoms with E-state index in [0.717, 1.165) is 16.7 Å². The Balaban J connectivity index is 2.64. The van der Waals surface area contributed by atoms with E-state index in [1.165, 1.54) is 0 Å². The molecule has 0 unspecified atom stereocenters. The van der Waals surface area contributed by atoms with Gasteiger partial charge in [-0.15, -0.1) is 0 Å². The zero-order valence-corrected chi connectivity index (χ0v) is 16.4. The molecule has 0 aliphatic heterocycles. The number of halogens is 3. The lowest BCUT2D eigenvalue weighted by Crippen LogP contribution is -2.26. The summed E-state index contributed by atoms with van der Waals surface area (Å²) in [5.74, 6) is -2.56. The van der Waals surface area contributed by atoms with Crippen molar-refractivity contribution in [1.29, 1.82) is 0 Å². The number of benzene rings is 1. The first-order valence-electron chi connectivity index (χ1n) is 8.85. The number of allylic oxidation sites excluding steroid dienone is 2. The Morgan fingerprint density at radius 1 is 1.07 bits per heavy atom. The molecule has 0 radical (unpaired) electrons. The quantitative estimate of drug-likeness (QED) is 0.656. The van der Waals surface area contributed by atoms with Crippen molar-refractivity contribution in [2.24, 2.45) is 0 Å². The van der Waals surface area contributed by atoms with Crippen LogP contribution >= 0.6 is 0 Å². The molecular formula is C19H23F3O4S. The third-order valence-corrected chi connectivity index (χ3v) is 5.53. The largest absolute Gasteiger partial charge is 0.406 e. The maximum absolute atomic E-state index is 12.6. The van der Waals surface area contributed by atoms with Gasteiger partial charge in [0.2, 0.25) is 0 Å². The summed E-state index contributed by atoms with van der Waals surface area (Å²) in [6.07, 6.45) is -3.05. The van der Waals surface area contributed by atoms with E-state index in [4.69, 9.17) is 4.18 Å². The van der Waals surface area contributed by atoms with Crippen LogP contribution in [-0.4, -0.2) is 26.1 Å². The lowest BCUT2D eigenvalue weighted by molar-refractivity contribution is -0.114. The van der Waals surface area contributed by atoms with Crippen LogP contribution in [0.15, 0.2) is 17.9 Å². The van der Waals surface area contributed by atoms with Gasteiger partial charge in [0.1, 0.15) is 5.76 Å². The van der Waals surface area contributed by atoms with E-state index in [0.29, 0.717) is 24.8 Å². The zero-order chi connectivity index (χ0) is 20.4. The van der Waals surface area contributed by atoms with Crippen LogP contribution in [0, 0.1) is 6.92 Å². The molecule has 0 amide bonds. The van der Waals surface area contributed by atoms with Gasteiger partial charge in [0, 0.05) is 12.8 Å². The van der Waals surface area contributed by atoms with Gasteiger partial charge in [-0.1, -0.05) is 31.5 Å². The molecule has 0 N–H and O–H groups in total. The Kier molecular flexibility index (Phi) is 6.39. The molecule has 27 heavy (non-hydrogen) atoms. The van der Waals surface area contributed by atoms with Gasteiger partial charge in [-0.25, -0.2) is 0 Å². The number of carbonyl (C=O) groups is 1. The van der Waals surface area contributed by atoms with Crippen LogP contribution in [0.1, 0.15) is 55.4 Å². The average molecular weight is 404 g/mol. The Bertz CT molecular complexity index is 842. The number of carbonyl (C=O) groups excluding carboxylic acids is 1. The standard InChI is InChI=1S/C19H23F3O4S/c1-4-13-9-12(3)10-14(5-2)17(13)18-15(23)7-6-8-16(18)26-27(24,25)11-19(20,21)22/h9-10H,4-8,11H2,1-3H3. The summed E-state index contributed by atoms with van der Waals surface area (Å²) in [4.78, 5) is 12.6. The molecule has 0 saturated carbocycles. The minimum Gasteiger partial charge on any atom is -0.386 e. The highest BCUT2D eigenvalue weighted by atomic mass is 32.2. The van der Waals surface area contributed by atoms with Crippen molar-refractivity contribution in [3.63, 3.8) is 0 Å². The highest BCUT2D eigenvalue weighted by Crippen LogP contribution is 2.36. The molecule has 0 atom stereocenters. The third kappa shape index (κ3) is 5.34. The fourth-order valence-electron chi connectivity index (χ4n) is 3.38. The second kappa shape index (κ2) is 8.04. The predicted octanol–water partition coefficient (Wildman–Crippen LogP) is 4.49. The van der Waals surface area contributed by atoms with Crippen LogP contribution in [0.5, 0.6) is 0 Å². The van der Waals surface area contributed by atoms with Gasteiger partial charge in [-0.2, -0.15) is 21.6 Å². The predicted molar refractivity (Wildman–Crippen MR) is 96.6 cm³/mol. The maximum atomic E-state index is 12.6. The first-order valence-corrected chi connectivity index (χ1v) is 10.4. The highest BCUT2D eigenvalue weighted by Gasteiger charge is 2.38. The number of alkyl halides is 3. The van der Waals surface area contributed by atoms with Gasteiger partial charge < -0.3 is 4.18 Å². The number of hydrogen-bond acceptors (Lipinski definition) is 4. The molecule has 8 heteroatoms. The third-order valence-electron chi connectivity index (χ3n) is 4.39. The van der Waals surface area contributed by atoms with Crippen molar-refractivity contribution in [3.8, 4) is 0 Å². The van der Waals surface area contributed by atoms with Crippen molar-refractivity contribution >= 4 is 21.5 Å². The monoisotopic (exact) mass is 404 g/mol. The summed E-state index contributed by atoms with van der Waals surface area (Å²) < 4.78 is 66.2. The van der Waals surface area contributed by atoms with E-state index in [-0.39, 0.29) is 30.0 Å². The number of hydrogen-bond donors (Lipinski definition) is 0. The smallest absolute Gasteiger partial charge is 0.386 e. The molecule has 0 spiro atoms. The Hall–Kier alpha value is -1.83. The van der Waals surface area contributed by atoms with Crippen molar-refractivity contribution in [2.75, 3.05) is 5.75 Å². The molecule has 4 nitrogen and oxygen atoms in total. The van der Waals surface area contributed by atoms with Gasteiger partial charge >= 0.3 is 16.3 Å². The second-order valence-corrected chi connectivity index (χ2v) is 8.21. The van der Waals surface area contributed by atoms with E-state index >= 15 is 0 Å². The van der Waals surface area contributed by atoms with Gasteiger partial charge in [-0.3, -0.25) is 4.79 Å². The lowest BCUT2D eigenvalue weighted by atomic mass is 9.83. The second-order valence-electron chi connectivity index (χ2n) is 6.64. The first-order chi connectivity index (χ1) is 12.5. The average Bonchev–Trinajstić information content (AvgIpc) is 2.52. The van der Waals surface area contributed by atoms with Gasteiger partial charge in [0.25, 0.3) is 0 Å². The summed E-state index contributed by atoms with van der Waals surface area (Å²) in [6, 6.07) is 3.82. The summed E-state index contributed by atoms with van der Waals surface area (Å²) in [5, 5.41) is 0. The molecule has 1 aliphatic carbocycles. The van der Waals surface area contributed by atoms with E-state index in [9.17, 15) is 26.4 Å².